The number of benzene rings is 1. The van der Waals surface area contributed by atoms with Crippen molar-refractivity contribution < 1.29 is 4.79 Å². The minimum Gasteiger partial charge on any atom is -0.309 e. The van der Waals surface area contributed by atoms with Gasteiger partial charge in [0.15, 0.2) is 5.82 Å². The number of allylic oxidation sites excluding steroid dienone is 6. The van der Waals surface area contributed by atoms with E-state index in [1.807, 2.05) is 28.9 Å². The zero-order valence-electron chi connectivity index (χ0n) is 13.3. The number of hydrogen-bond donors (Lipinski definition) is 1. The number of fused-ring (bicyclic) bond motifs is 1. The average molecular weight is 307 g/mol. The maximum Gasteiger partial charge on any atom is 0.222 e. The fourth-order valence-corrected chi connectivity index (χ4v) is 2.76. The van der Waals surface area contributed by atoms with Crippen molar-refractivity contribution in [3.63, 3.8) is 0 Å². The first-order valence-electron chi connectivity index (χ1n) is 7.99. The lowest BCUT2D eigenvalue weighted by atomic mass is 10.1. The standard InChI is InChI=1S/C19H21N3O/c1-15(23)20-19-17-11-7-8-12-18(17)22(21-19)14-13-16-9-5-3-2-4-6-10-16/h2-3,5,7-12H,4,6,13-14H2,1H3,(H,20,21,23)/b3-2+,9-5-,16-10+. The van der Waals surface area contributed by atoms with E-state index in [1.165, 1.54) is 12.5 Å². The summed E-state index contributed by atoms with van der Waals surface area (Å²) >= 11 is 0. The average Bonchev–Trinajstić information content (AvgIpc) is 2.84. The van der Waals surface area contributed by atoms with Crippen LogP contribution in [0.1, 0.15) is 26.2 Å². The maximum absolute atomic E-state index is 11.4. The van der Waals surface area contributed by atoms with E-state index in [9.17, 15) is 4.79 Å². The Balaban J connectivity index is 1.82. The quantitative estimate of drug-likeness (QED) is 0.919. The summed E-state index contributed by atoms with van der Waals surface area (Å²) in [6.45, 7) is 2.30. The molecule has 1 N–H and O–H groups in total. The molecule has 0 aliphatic heterocycles. The summed E-state index contributed by atoms with van der Waals surface area (Å²) in [6, 6.07) is 7.99. The number of aromatic nitrogens is 2. The van der Waals surface area contributed by atoms with E-state index >= 15 is 0 Å². The van der Waals surface area contributed by atoms with Gasteiger partial charge in [0.25, 0.3) is 0 Å². The van der Waals surface area contributed by atoms with Crippen LogP contribution in [0.25, 0.3) is 10.9 Å². The largest absolute Gasteiger partial charge is 0.309 e. The van der Waals surface area contributed by atoms with Crippen molar-refractivity contribution in [1.82, 2.24) is 9.78 Å². The minimum absolute atomic E-state index is 0.0992. The van der Waals surface area contributed by atoms with Crippen molar-refractivity contribution in [1.29, 1.82) is 0 Å². The van der Waals surface area contributed by atoms with Crippen LogP contribution in [-0.4, -0.2) is 15.7 Å². The second-order valence-electron chi connectivity index (χ2n) is 5.66. The van der Waals surface area contributed by atoms with E-state index in [0.717, 1.165) is 36.7 Å². The molecule has 0 saturated heterocycles. The molecule has 23 heavy (non-hydrogen) atoms. The van der Waals surface area contributed by atoms with Crippen LogP contribution in [0, 0.1) is 0 Å². The number of carbonyl (C=O) groups is 1. The predicted molar refractivity (Wildman–Crippen MR) is 94.3 cm³/mol. The highest BCUT2D eigenvalue weighted by Crippen LogP contribution is 2.23. The van der Waals surface area contributed by atoms with E-state index < -0.39 is 0 Å². The summed E-state index contributed by atoms with van der Waals surface area (Å²) in [7, 11) is 0. The molecule has 0 unspecified atom stereocenters. The molecule has 0 radical (unpaired) electrons. The van der Waals surface area contributed by atoms with Crippen LogP contribution in [-0.2, 0) is 11.3 Å². The fourth-order valence-electron chi connectivity index (χ4n) is 2.76. The van der Waals surface area contributed by atoms with Gasteiger partial charge in [-0.3, -0.25) is 9.48 Å². The normalized spacial score (nSPS) is 19.4. The molecule has 3 rings (SSSR count). The molecule has 1 aromatic heterocycles. The number of nitrogens with one attached hydrogen (secondary N) is 1. The number of para-hydroxylation sites is 1. The Kier molecular flexibility index (Phi) is 4.71. The van der Waals surface area contributed by atoms with E-state index in [2.05, 4.69) is 40.8 Å². The van der Waals surface area contributed by atoms with Crippen molar-refractivity contribution in [2.45, 2.75) is 32.7 Å². The first-order chi connectivity index (χ1) is 11.2. The van der Waals surface area contributed by atoms with Crippen molar-refractivity contribution in [3.05, 3.63) is 60.2 Å². The summed E-state index contributed by atoms with van der Waals surface area (Å²) in [5.41, 5.74) is 2.38. The Morgan fingerprint density at radius 1 is 1.26 bits per heavy atom. The molecular weight excluding hydrogens is 286 g/mol. The Hall–Kier alpha value is -2.62. The molecule has 0 spiro atoms. The number of nitrogens with zero attached hydrogens (tertiary/aromatic N) is 2. The van der Waals surface area contributed by atoms with Crippen LogP contribution in [0.2, 0.25) is 0 Å². The van der Waals surface area contributed by atoms with E-state index in [1.54, 1.807) is 0 Å². The third kappa shape index (κ3) is 3.77. The smallest absolute Gasteiger partial charge is 0.222 e. The fraction of sp³-hybridized carbons (Fsp3) is 0.263. The monoisotopic (exact) mass is 307 g/mol. The number of carbonyl (C=O) groups excluding carboxylic acids is 1. The topological polar surface area (TPSA) is 46.9 Å². The van der Waals surface area contributed by atoms with Gasteiger partial charge in [-0.05, 0) is 31.4 Å². The highest BCUT2D eigenvalue weighted by molar-refractivity contribution is 5.98. The molecule has 1 heterocycles. The summed E-state index contributed by atoms with van der Waals surface area (Å²) in [5.74, 6) is 0.538. The molecule has 0 bridgehead atoms. The van der Waals surface area contributed by atoms with Crippen molar-refractivity contribution in [3.8, 4) is 0 Å². The van der Waals surface area contributed by atoms with Gasteiger partial charge >= 0.3 is 0 Å². The van der Waals surface area contributed by atoms with Gasteiger partial charge in [-0.1, -0.05) is 48.1 Å². The predicted octanol–water partition coefficient (Wildman–Crippen LogP) is 4.22. The molecular formula is C19H21N3O. The lowest BCUT2D eigenvalue weighted by molar-refractivity contribution is -0.114. The highest BCUT2D eigenvalue weighted by Gasteiger charge is 2.11. The van der Waals surface area contributed by atoms with Gasteiger partial charge in [-0.2, -0.15) is 5.10 Å². The van der Waals surface area contributed by atoms with Crippen LogP contribution in [0.3, 0.4) is 0 Å². The van der Waals surface area contributed by atoms with Gasteiger partial charge < -0.3 is 5.32 Å². The van der Waals surface area contributed by atoms with Crippen LogP contribution >= 0.6 is 0 Å². The van der Waals surface area contributed by atoms with Gasteiger partial charge in [0.1, 0.15) is 0 Å². The second-order valence-corrected chi connectivity index (χ2v) is 5.66. The third-order valence-electron chi connectivity index (χ3n) is 3.86. The summed E-state index contributed by atoms with van der Waals surface area (Å²) in [6.07, 6.45) is 13.9. The van der Waals surface area contributed by atoms with Crippen molar-refractivity contribution >= 4 is 22.6 Å². The molecule has 4 nitrogen and oxygen atoms in total. The Morgan fingerprint density at radius 2 is 2.13 bits per heavy atom. The first-order valence-corrected chi connectivity index (χ1v) is 7.99. The van der Waals surface area contributed by atoms with E-state index in [0.29, 0.717) is 5.82 Å². The van der Waals surface area contributed by atoms with Gasteiger partial charge in [0, 0.05) is 18.9 Å². The number of anilines is 1. The lowest BCUT2D eigenvalue weighted by Gasteiger charge is -2.06. The maximum atomic E-state index is 11.4. The van der Waals surface area contributed by atoms with Gasteiger partial charge in [-0.15, -0.1) is 0 Å². The zero-order chi connectivity index (χ0) is 16.1. The van der Waals surface area contributed by atoms with Crippen LogP contribution in [0.4, 0.5) is 5.82 Å². The van der Waals surface area contributed by atoms with Gasteiger partial charge in [-0.25, -0.2) is 0 Å². The first kappa shape index (κ1) is 15.3. The number of rotatable bonds is 4. The lowest BCUT2D eigenvalue weighted by Crippen LogP contribution is -2.08. The van der Waals surface area contributed by atoms with Crippen LogP contribution in [0.15, 0.2) is 60.2 Å². The molecule has 1 aliphatic carbocycles. The van der Waals surface area contributed by atoms with E-state index in [4.69, 9.17) is 0 Å². The molecule has 0 atom stereocenters. The molecule has 1 aromatic carbocycles. The van der Waals surface area contributed by atoms with Crippen molar-refractivity contribution in [2.24, 2.45) is 0 Å². The van der Waals surface area contributed by atoms with Crippen LogP contribution < -0.4 is 5.32 Å². The summed E-state index contributed by atoms with van der Waals surface area (Å²) < 4.78 is 1.98. The van der Waals surface area contributed by atoms with E-state index in [-0.39, 0.29) is 5.91 Å². The number of aryl methyl sites for hydroxylation is 1. The van der Waals surface area contributed by atoms with Gasteiger partial charge in [0.2, 0.25) is 5.91 Å². The molecule has 1 amide bonds. The second kappa shape index (κ2) is 7.09. The summed E-state index contributed by atoms with van der Waals surface area (Å²) in [4.78, 5) is 11.4. The minimum atomic E-state index is -0.0992. The summed E-state index contributed by atoms with van der Waals surface area (Å²) in [5, 5.41) is 8.37. The molecule has 1 aliphatic rings. The van der Waals surface area contributed by atoms with Gasteiger partial charge in [0.05, 0.1) is 5.52 Å². The zero-order valence-corrected chi connectivity index (χ0v) is 13.3. The SMILES string of the molecule is CC(=O)Nc1nn(CCC2=C/CC/C=C/C=C\2)c2ccccc12. The Morgan fingerprint density at radius 3 is 3.00 bits per heavy atom. The molecule has 118 valence electrons. The van der Waals surface area contributed by atoms with Crippen LogP contribution in [0.5, 0.6) is 0 Å². The molecule has 2 aromatic rings. The number of hydrogen-bond acceptors (Lipinski definition) is 2. The van der Waals surface area contributed by atoms with Crippen molar-refractivity contribution in [2.75, 3.05) is 5.32 Å². The Labute approximate surface area is 136 Å². The Bertz CT molecular complexity index is 796. The molecule has 0 fully saturated rings. The molecule has 0 saturated carbocycles. The highest BCUT2D eigenvalue weighted by atomic mass is 16.1. The third-order valence-corrected chi connectivity index (χ3v) is 3.86. The molecule has 4 heteroatoms. The number of amides is 1.